The minimum Gasteiger partial charge on any atom is -0.393 e. The van der Waals surface area contributed by atoms with E-state index in [1.807, 2.05) is 0 Å². The van der Waals surface area contributed by atoms with Gasteiger partial charge in [0, 0.05) is 30.8 Å². The van der Waals surface area contributed by atoms with Crippen molar-refractivity contribution in [3.8, 4) is 0 Å². The van der Waals surface area contributed by atoms with Crippen molar-refractivity contribution in [2.45, 2.75) is 25.6 Å². The van der Waals surface area contributed by atoms with Crippen LogP contribution in [0.2, 0.25) is 0 Å². The molecule has 5 heteroatoms. The highest BCUT2D eigenvalue weighted by atomic mass is 16.3. The molecule has 3 unspecified atom stereocenters. The third kappa shape index (κ3) is 1.79. The zero-order chi connectivity index (χ0) is 11.8. The zero-order valence-corrected chi connectivity index (χ0v) is 9.66. The molecule has 2 fully saturated rings. The van der Waals surface area contributed by atoms with Gasteiger partial charge in [-0.1, -0.05) is 0 Å². The van der Waals surface area contributed by atoms with Crippen LogP contribution in [0, 0.1) is 11.8 Å². The Labute approximate surface area is 100 Å². The monoisotopic (exact) mass is 235 g/mol. The van der Waals surface area contributed by atoms with Gasteiger partial charge in [0.05, 0.1) is 12.7 Å². The molecule has 2 N–H and O–H groups in total. The van der Waals surface area contributed by atoms with Crippen molar-refractivity contribution in [2.75, 3.05) is 18.0 Å². The van der Waals surface area contributed by atoms with Crippen LogP contribution in [0.4, 0.5) is 5.82 Å². The molecule has 1 aliphatic carbocycles. The second-order valence-electron chi connectivity index (χ2n) is 5.00. The first-order chi connectivity index (χ1) is 8.29. The van der Waals surface area contributed by atoms with Crippen LogP contribution in [0.1, 0.15) is 18.4 Å². The lowest BCUT2D eigenvalue weighted by molar-refractivity contribution is 0.133. The molecule has 0 spiro atoms. The first-order valence-corrected chi connectivity index (χ1v) is 6.12. The highest BCUT2D eigenvalue weighted by Crippen LogP contribution is 2.39. The fraction of sp³-hybridized carbons (Fsp3) is 0.667. The molecule has 0 radical (unpaired) electrons. The van der Waals surface area contributed by atoms with Crippen LogP contribution >= 0.6 is 0 Å². The molecule has 1 aromatic rings. The third-order valence-electron chi connectivity index (χ3n) is 4.05. The van der Waals surface area contributed by atoms with E-state index in [0.29, 0.717) is 11.8 Å². The van der Waals surface area contributed by atoms with Gasteiger partial charge in [-0.3, -0.25) is 0 Å². The summed E-state index contributed by atoms with van der Waals surface area (Å²) >= 11 is 0. The van der Waals surface area contributed by atoms with Gasteiger partial charge in [-0.05, 0) is 18.8 Å². The van der Waals surface area contributed by atoms with Gasteiger partial charge in [0.1, 0.15) is 12.1 Å². The zero-order valence-electron chi connectivity index (χ0n) is 9.66. The van der Waals surface area contributed by atoms with Gasteiger partial charge in [-0.2, -0.15) is 0 Å². The van der Waals surface area contributed by atoms with E-state index >= 15 is 0 Å². The van der Waals surface area contributed by atoms with E-state index < -0.39 is 0 Å². The summed E-state index contributed by atoms with van der Waals surface area (Å²) in [6.45, 7) is 1.74. The second kappa shape index (κ2) is 4.23. The standard InChI is InChI=1S/C12H17N3O2/c16-6-9-3-13-7-14-12(9)15-4-8-1-2-11(17)10(8)5-15/h3,7-8,10-11,16-17H,1-2,4-6H2. The van der Waals surface area contributed by atoms with Crippen molar-refractivity contribution < 1.29 is 10.2 Å². The van der Waals surface area contributed by atoms with Crippen LogP contribution in [-0.2, 0) is 6.61 Å². The predicted molar refractivity (Wildman–Crippen MR) is 62.4 cm³/mol. The van der Waals surface area contributed by atoms with Crippen molar-refractivity contribution in [3.63, 3.8) is 0 Å². The number of nitrogens with zero attached hydrogens (tertiary/aromatic N) is 3. The van der Waals surface area contributed by atoms with Crippen LogP contribution in [-0.4, -0.2) is 39.4 Å². The largest absolute Gasteiger partial charge is 0.393 e. The quantitative estimate of drug-likeness (QED) is 0.765. The van der Waals surface area contributed by atoms with Crippen molar-refractivity contribution in [3.05, 3.63) is 18.1 Å². The van der Waals surface area contributed by atoms with E-state index in [9.17, 15) is 10.2 Å². The Kier molecular flexibility index (Phi) is 2.72. The predicted octanol–water partition coefficient (Wildman–Crippen LogP) is 0.176. The van der Waals surface area contributed by atoms with E-state index in [4.69, 9.17) is 0 Å². The molecule has 92 valence electrons. The lowest BCUT2D eigenvalue weighted by atomic mass is 10.00. The molecular weight excluding hydrogens is 218 g/mol. The molecular formula is C12H17N3O2. The van der Waals surface area contributed by atoms with Gasteiger partial charge in [0.15, 0.2) is 0 Å². The van der Waals surface area contributed by atoms with Crippen LogP contribution in [0.3, 0.4) is 0 Å². The summed E-state index contributed by atoms with van der Waals surface area (Å²) in [6.07, 6.45) is 5.04. The van der Waals surface area contributed by atoms with E-state index in [1.165, 1.54) is 6.33 Å². The van der Waals surface area contributed by atoms with Gasteiger partial charge in [0.25, 0.3) is 0 Å². The minimum absolute atomic E-state index is 0.0371. The highest BCUT2D eigenvalue weighted by Gasteiger charge is 2.42. The fourth-order valence-electron chi connectivity index (χ4n) is 3.16. The average Bonchev–Trinajstić information content (AvgIpc) is 2.92. The Balaban J connectivity index is 1.82. The maximum atomic E-state index is 9.88. The Hall–Kier alpha value is -1.20. The van der Waals surface area contributed by atoms with Crippen LogP contribution in [0.15, 0.2) is 12.5 Å². The number of aromatic nitrogens is 2. The van der Waals surface area contributed by atoms with Crippen molar-refractivity contribution in [1.29, 1.82) is 0 Å². The number of rotatable bonds is 2. The SMILES string of the molecule is OCc1cncnc1N1CC2CCC(O)C2C1. The average molecular weight is 235 g/mol. The first kappa shape index (κ1) is 10.9. The summed E-state index contributed by atoms with van der Waals surface area (Å²) in [5.41, 5.74) is 0.766. The smallest absolute Gasteiger partial charge is 0.137 e. The summed E-state index contributed by atoms with van der Waals surface area (Å²) in [7, 11) is 0. The van der Waals surface area contributed by atoms with Gasteiger partial charge in [0.2, 0.25) is 0 Å². The van der Waals surface area contributed by atoms with E-state index in [0.717, 1.165) is 37.3 Å². The van der Waals surface area contributed by atoms with Crippen LogP contribution < -0.4 is 4.90 Å². The summed E-state index contributed by atoms with van der Waals surface area (Å²) in [4.78, 5) is 10.4. The van der Waals surface area contributed by atoms with E-state index in [1.54, 1.807) is 6.20 Å². The molecule has 17 heavy (non-hydrogen) atoms. The maximum Gasteiger partial charge on any atom is 0.137 e. The Morgan fingerprint density at radius 1 is 1.35 bits per heavy atom. The summed E-state index contributed by atoms with van der Waals surface area (Å²) in [5, 5.41) is 19.2. The Bertz CT molecular complexity index is 412. The number of aliphatic hydroxyl groups is 2. The lowest BCUT2D eigenvalue weighted by Crippen LogP contribution is -2.26. The van der Waals surface area contributed by atoms with Gasteiger partial charge in [-0.15, -0.1) is 0 Å². The lowest BCUT2D eigenvalue weighted by Gasteiger charge is -2.21. The number of fused-ring (bicyclic) bond motifs is 1. The van der Waals surface area contributed by atoms with Gasteiger partial charge < -0.3 is 15.1 Å². The van der Waals surface area contributed by atoms with Crippen molar-refractivity contribution in [2.24, 2.45) is 11.8 Å². The van der Waals surface area contributed by atoms with Gasteiger partial charge >= 0.3 is 0 Å². The molecule has 2 heterocycles. The minimum atomic E-state index is -0.163. The van der Waals surface area contributed by atoms with Gasteiger partial charge in [-0.25, -0.2) is 9.97 Å². The second-order valence-corrected chi connectivity index (χ2v) is 5.00. The topological polar surface area (TPSA) is 69.5 Å². The Morgan fingerprint density at radius 2 is 2.24 bits per heavy atom. The number of hydrogen-bond donors (Lipinski definition) is 2. The van der Waals surface area contributed by atoms with Crippen LogP contribution in [0.5, 0.6) is 0 Å². The molecule has 0 amide bonds. The molecule has 3 atom stereocenters. The van der Waals surface area contributed by atoms with E-state index in [2.05, 4.69) is 14.9 Å². The Morgan fingerprint density at radius 3 is 3.00 bits per heavy atom. The molecule has 0 aromatic carbocycles. The first-order valence-electron chi connectivity index (χ1n) is 6.12. The summed E-state index contributed by atoms with van der Waals surface area (Å²) in [6, 6.07) is 0. The number of anilines is 1. The van der Waals surface area contributed by atoms with Crippen molar-refractivity contribution in [1.82, 2.24) is 9.97 Å². The third-order valence-corrected chi connectivity index (χ3v) is 4.05. The molecule has 0 bridgehead atoms. The van der Waals surface area contributed by atoms with Crippen molar-refractivity contribution >= 4 is 5.82 Å². The number of hydrogen-bond acceptors (Lipinski definition) is 5. The molecule has 2 aliphatic rings. The molecule has 1 aliphatic heterocycles. The maximum absolute atomic E-state index is 9.88. The normalized spacial score (nSPS) is 31.9. The fourth-order valence-corrected chi connectivity index (χ4v) is 3.16. The highest BCUT2D eigenvalue weighted by molar-refractivity contribution is 5.46. The summed E-state index contributed by atoms with van der Waals surface area (Å²) in [5.74, 6) is 1.77. The van der Waals surface area contributed by atoms with E-state index in [-0.39, 0.29) is 12.7 Å². The molecule has 1 aromatic heterocycles. The number of aliphatic hydroxyl groups excluding tert-OH is 2. The molecule has 1 saturated carbocycles. The molecule has 3 rings (SSSR count). The van der Waals surface area contributed by atoms with Crippen LogP contribution in [0.25, 0.3) is 0 Å². The molecule has 1 saturated heterocycles. The molecule has 5 nitrogen and oxygen atoms in total. The summed E-state index contributed by atoms with van der Waals surface area (Å²) < 4.78 is 0.